The Bertz CT molecular complexity index is 161. The minimum absolute atomic E-state index is 0.0424. The number of alkyl halides is 1. The Morgan fingerprint density at radius 1 is 1.56 bits per heavy atom. The molecule has 0 aromatic rings. The molecule has 0 amide bonds. The van der Waals surface area contributed by atoms with Gasteiger partial charge in [0, 0.05) is 16.1 Å². The molecule has 0 rings (SSSR count). The molecule has 1 unspecified atom stereocenters. The first kappa shape index (κ1) is 9.53. The van der Waals surface area contributed by atoms with Gasteiger partial charge in [0.05, 0.1) is 5.75 Å². The fourth-order valence-electron chi connectivity index (χ4n) is 0.303. The van der Waals surface area contributed by atoms with E-state index in [1.54, 1.807) is 6.92 Å². The molecule has 0 heterocycles. The van der Waals surface area contributed by atoms with Crippen molar-refractivity contribution in [3.05, 3.63) is 0 Å². The van der Waals surface area contributed by atoms with Crippen LogP contribution in [0.5, 0.6) is 0 Å². The van der Waals surface area contributed by atoms with Crippen molar-refractivity contribution in [1.29, 1.82) is 0 Å². The zero-order valence-electron chi connectivity index (χ0n) is 4.97. The van der Waals surface area contributed by atoms with E-state index in [2.05, 4.69) is 0 Å². The van der Waals surface area contributed by atoms with Gasteiger partial charge in [-0.15, -0.1) is 11.6 Å². The van der Waals surface area contributed by atoms with Crippen LogP contribution in [-0.2, 0) is 9.05 Å². The van der Waals surface area contributed by atoms with Crippen molar-refractivity contribution in [2.24, 2.45) is 0 Å². The highest BCUT2D eigenvalue weighted by atomic mass is 35.7. The lowest BCUT2D eigenvalue weighted by atomic mass is 10.4. The van der Waals surface area contributed by atoms with Gasteiger partial charge in [0.15, 0.2) is 0 Å². The Hall–Kier alpha value is 0.530. The van der Waals surface area contributed by atoms with Gasteiger partial charge >= 0.3 is 0 Å². The lowest BCUT2D eigenvalue weighted by Gasteiger charge is -1.97. The topological polar surface area (TPSA) is 34.1 Å². The summed E-state index contributed by atoms with van der Waals surface area (Å²) in [5.74, 6) is -0.0424. The molecule has 0 spiro atoms. The smallest absolute Gasteiger partial charge is 0.212 e. The van der Waals surface area contributed by atoms with Crippen LogP contribution in [0.2, 0.25) is 0 Å². The average molecular weight is 191 g/mol. The highest BCUT2D eigenvalue weighted by Crippen LogP contribution is 2.05. The normalized spacial score (nSPS) is 15.4. The second kappa shape index (κ2) is 3.64. The molecule has 9 heavy (non-hydrogen) atoms. The predicted molar refractivity (Wildman–Crippen MR) is 39.6 cm³/mol. The Labute approximate surface area is 64.6 Å². The SMILES string of the molecule is CC(Cl)CCS(=O)(=O)Cl. The van der Waals surface area contributed by atoms with Crippen molar-refractivity contribution >= 4 is 31.3 Å². The molecule has 0 aromatic heterocycles. The average Bonchev–Trinajstić information content (AvgIpc) is 1.59. The van der Waals surface area contributed by atoms with Crippen molar-refractivity contribution < 1.29 is 8.42 Å². The standard InChI is InChI=1S/C4H8Cl2O2S/c1-4(5)2-3-9(6,7)8/h4H,2-3H2,1H3. The lowest BCUT2D eigenvalue weighted by molar-refractivity contribution is 0.606. The van der Waals surface area contributed by atoms with Crippen molar-refractivity contribution in [2.45, 2.75) is 18.7 Å². The van der Waals surface area contributed by atoms with E-state index < -0.39 is 9.05 Å². The highest BCUT2D eigenvalue weighted by molar-refractivity contribution is 8.13. The van der Waals surface area contributed by atoms with Gasteiger partial charge in [0.1, 0.15) is 0 Å². The molecule has 0 saturated carbocycles. The fraction of sp³-hybridized carbons (Fsp3) is 1.00. The summed E-state index contributed by atoms with van der Waals surface area (Å²) in [6, 6.07) is 0. The van der Waals surface area contributed by atoms with Crippen molar-refractivity contribution in [3.63, 3.8) is 0 Å². The quantitative estimate of drug-likeness (QED) is 0.501. The summed E-state index contributed by atoms with van der Waals surface area (Å²) in [6.45, 7) is 1.73. The van der Waals surface area contributed by atoms with Crippen LogP contribution in [0, 0.1) is 0 Å². The monoisotopic (exact) mass is 190 g/mol. The molecule has 0 fully saturated rings. The second-order valence-corrected chi connectivity index (χ2v) is 5.45. The largest absolute Gasteiger partial charge is 0.232 e. The first-order chi connectivity index (χ1) is 3.92. The van der Waals surface area contributed by atoms with E-state index >= 15 is 0 Å². The van der Waals surface area contributed by atoms with Crippen LogP contribution >= 0.6 is 22.3 Å². The minimum Gasteiger partial charge on any atom is -0.212 e. The number of hydrogen-bond donors (Lipinski definition) is 0. The number of halogens is 2. The van der Waals surface area contributed by atoms with E-state index in [1.165, 1.54) is 0 Å². The summed E-state index contributed by atoms with van der Waals surface area (Å²) in [4.78, 5) is 0. The zero-order chi connectivity index (χ0) is 7.49. The van der Waals surface area contributed by atoms with Crippen LogP contribution in [-0.4, -0.2) is 19.5 Å². The summed E-state index contributed by atoms with van der Waals surface area (Å²) < 4.78 is 20.5. The summed E-state index contributed by atoms with van der Waals surface area (Å²) >= 11 is 5.46. The van der Waals surface area contributed by atoms with Gasteiger partial charge in [-0.05, 0) is 13.3 Å². The van der Waals surface area contributed by atoms with Gasteiger partial charge in [0.2, 0.25) is 9.05 Å². The van der Waals surface area contributed by atoms with Gasteiger partial charge in [-0.1, -0.05) is 0 Å². The molecule has 0 N–H and O–H groups in total. The maximum absolute atomic E-state index is 10.2. The van der Waals surface area contributed by atoms with Crippen LogP contribution in [0.25, 0.3) is 0 Å². The van der Waals surface area contributed by atoms with Crippen LogP contribution in [0.15, 0.2) is 0 Å². The molecule has 0 aliphatic carbocycles. The summed E-state index contributed by atoms with van der Waals surface area (Å²) in [5, 5.41) is -0.126. The minimum atomic E-state index is -3.33. The van der Waals surface area contributed by atoms with E-state index in [0.29, 0.717) is 6.42 Å². The Kier molecular flexibility index (Phi) is 3.85. The number of hydrogen-bond acceptors (Lipinski definition) is 2. The molecule has 0 radical (unpaired) electrons. The molecule has 0 saturated heterocycles. The van der Waals surface area contributed by atoms with Crippen molar-refractivity contribution in [1.82, 2.24) is 0 Å². The maximum atomic E-state index is 10.2. The molecule has 0 aliphatic rings. The van der Waals surface area contributed by atoms with Crippen LogP contribution in [0.1, 0.15) is 13.3 Å². The Balaban J connectivity index is 3.53. The second-order valence-electron chi connectivity index (χ2n) is 1.81. The van der Waals surface area contributed by atoms with Gasteiger partial charge in [0.25, 0.3) is 0 Å². The highest BCUT2D eigenvalue weighted by Gasteiger charge is 2.06. The summed E-state index contributed by atoms with van der Waals surface area (Å²) in [6.07, 6.45) is 0.410. The maximum Gasteiger partial charge on any atom is 0.232 e. The van der Waals surface area contributed by atoms with Gasteiger partial charge in [-0.2, -0.15) is 0 Å². The molecular formula is C4H8Cl2O2S. The molecular weight excluding hydrogens is 183 g/mol. The molecule has 0 bridgehead atoms. The molecule has 5 heteroatoms. The van der Waals surface area contributed by atoms with E-state index in [4.69, 9.17) is 22.3 Å². The van der Waals surface area contributed by atoms with Gasteiger partial charge in [-0.3, -0.25) is 0 Å². The van der Waals surface area contributed by atoms with Crippen molar-refractivity contribution in [2.75, 3.05) is 5.75 Å². The van der Waals surface area contributed by atoms with E-state index in [-0.39, 0.29) is 11.1 Å². The molecule has 0 aliphatic heterocycles. The third-order valence-corrected chi connectivity index (χ3v) is 2.16. The predicted octanol–water partition coefficient (Wildman–Crippen LogP) is 1.57. The van der Waals surface area contributed by atoms with Crippen LogP contribution < -0.4 is 0 Å². The van der Waals surface area contributed by atoms with E-state index in [1.807, 2.05) is 0 Å². The molecule has 1 atom stereocenters. The van der Waals surface area contributed by atoms with Crippen LogP contribution in [0.4, 0.5) is 0 Å². The lowest BCUT2D eigenvalue weighted by Crippen LogP contribution is -2.02. The first-order valence-corrected chi connectivity index (χ1v) is 5.40. The van der Waals surface area contributed by atoms with Crippen LogP contribution in [0.3, 0.4) is 0 Å². The third kappa shape index (κ3) is 8.53. The van der Waals surface area contributed by atoms with Gasteiger partial charge in [-0.25, -0.2) is 8.42 Å². The fourth-order valence-corrected chi connectivity index (χ4v) is 1.44. The Morgan fingerprint density at radius 2 is 2.00 bits per heavy atom. The zero-order valence-corrected chi connectivity index (χ0v) is 7.30. The summed E-state index contributed by atoms with van der Waals surface area (Å²) in [5.41, 5.74) is 0. The van der Waals surface area contributed by atoms with Gasteiger partial charge < -0.3 is 0 Å². The van der Waals surface area contributed by atoms with Crippen molar-refractivity contribution in [3.8, 4) is 0 Å². The Morgan fingerprint density at radius 3 is 2.11 bits per heavy atom. The molecule has 56 valence electrons. The summed E-state index contributed by atoms with van der Waals surface area (Å²) in [7, 11) is 1.56. The first-order valence-electron chi connectivity index (χ1n) is 2.48. The molecule has 2 nitrogen and oxygen atoms in total. The number of rotatable bonds is 3. The third-order valence-electron chi connectivity index (χ3n) is 0.759. The van der Waals surface area contributed by atoms with E-state index in [0.717, 1.165) is 0 Å². The molecule has 0 aromatic carbocycles. The van der Waals surface area contributed by atoms with E-state index in [9.17, 15) is 8.42 Å².